The number of para-hydroxylation sites is 1. The fraction of sp³-hybridized carbons (Fsp3) is 0.179. The quantitative estimate of drug-likeness (QED) is 0.392. The van der Waals surface area contributed by atoms with E-state index in [1.807, 2.05) is 73.7 Å². The van der Waals surface area contributed by atoms with Crippen LogP contribution < -0.4 is 14.2 Å². The van der Waals surface area contributed by atoms with Crippen molar-refractivity contribution in [3.05, 3.63) is 101 Å². The zero-order chi connectivity index (χ0) is 23.6. The van der Waals surface area contributed by atoms with Crippen LogP contribution in [-0.2, 0) is 17.8 Å². The van der Waals surface area contributed by atoms with Crippen molar-refractivity contribution in [2.45, 2.75) is 20.0 Å². The minimum Gasteiger partial charge on any atom is -0.493 e. The Morgan fingerprint density at radius 1 is 0.909 bits per heavy atom. The summed E-state index contributed by atoms with van der Waals surface area (Å²) in [6.45, 7) is 2.52. The third kappa shape index (κ3) is 6.50. The molecule has 0 heterocycles. The number of ether oxygens (including phenoxy) is 3. The lowest BCUT2D eigenvalue weighted by Gasteiger charge is -2.13. The van der Waals surface area contributed by atoms with Gasteiger partial charge >= 0.3 is 5.97 Å². The van der Waals surface area contributed by atoms with Crippen molar-refractivity contribution >= 4 is 18.1 Å². The number of carboxylic acid groups (broad SMARTS) is 1. The Morgan fingerprint density at radius 2 is 1.64 bits per heavy atom. The largest absolute Gasteiger partial charge is 0.493 e. The molecule has 0 spiro atoms. The number of carboxylic acids is 1. The molecular weight excluding hydrogens is 416 g/mol. The number of hydrogen-bond acceptors (Lipinski definition) is 4. The standard InChI is InChI=1S/C28H28O5/c1-20-9-7-12-22(28(20)33-19-21-10-5-4-6-11-21)13-8-14-23-17-25(31-2)26(32-3)18-24(23)15-16-27(29)30/h4-13,15-18H,14,19H2,1-3H3,(H,29,30)/b13-8+,16-15+. The number of aryl methyl sites for hydroxylation is 1. The summed E-state index contributed by atoms with van der Waals surface area (Å²) in [5, 5.41) is 9.04. The number of aliphatic carboxylic acids is 1. The average molecular weight is 445 g/mol. The van der Waals surface area contributed by atoms with Crippen molar-refractivity contribution in [2.75, 3.05) is 14.2 Å². The number of carbonyl (C=O) groups is 1. The van der Waals surface area contributed by atoms with Gasteiger partial charge in [0.2, 0.25) is 0 Å². The van der Waals surface area contributed by atoms with Crippen molar-refractivity contribution in [3.63, 3.8) is 0 Å². The molecule has 5 heteroatoms. The highest BCUT2D eigenvalue weighted by atomic mass is 16.5. The van der Waals surface area contributed by atoms with E-state index in [0.717, 1.165) is 39.6 Å². The first-order valence-electron chi connectivity index (χ1n) is 10.6. The van der Waals surface area contributed by atoms with E-state index in [-0.39, 0.29) is 0 Å². The molecule has 3 rings (SSSR count). The fourth-order valence-electron chi connectivity index (χ4n) is 3.48. The van der Waals surface area contributed by atoms with Gasteiger partial charge in [-0.25, -0.2) is 4.79 Å². The van der Waals surface area contributed by atoms with Crippen molar-refractivity contribution in [3.8, 4) is 17.2 Å². The molecule has 3 aromatic carbocycles. The van der Waals surface area contributed by atoms with Gasteiger partial charge in [-0.2, -0.15) is 0 Å². The van der Waals surface area contributed by atoms with Crippen LogP contribution in [0, 0.1) is 6.92 Å². The number of hydrogen-bond donors (Lipinski definition) is 1. The molecule has 0 aliphatic rings. The maximum atomic E-state index is 11.0. The second kappa shape index (κ2) is 11.6. The van der Waals surface area contributed by atoms with Gasteiger partial charge in [0.1, 0.15) is 12.4 Å². The van der Waals surface area contributed by atoms with Crippen LogP contribution in [0.25, 0.3) is 12.2 Å². The van der Waals surface area contributed by atoms with E-state index in [1.54, 1.807) is 26.4 Å². The Balaban J connectivity index is 1.84. The molecule has 0 radical (unpaired) electrons. The third-order valence-electron chi connectivity index (χ3n) is 5.15. The molecule has 0 unspecified atom stereocenters. The number of methoxy groups -OCH3 is 2. The minimum absolute atomic E-state index is 0.492. The molecule has 170 valence electrons. The Kier molecular flexibility index (Phi) is 8.30. The fourth-order valence-corrected chi connectivity index (χ4v) is 3.48. The highest BCUT2D eigenvalue weighted by Crippen LogP contribution is 2.32. The van der Waals surface area contributed by atoms with Gasteiger partial charge in [0, 0.05) is 11.6 Å². The SMILES string of the molecule is COc1cc(/C=C/C(=O)O)c(C/C=C/c2cccc(C)c2OCc2ccccc2)cc1OC. The minimum atomic E-state index is -1.01. The van der Waals surface area contributed by atoms with Gasteiger partial charge in [-0.3, -0.25) is 0 Å². The molecule has 0 atom stereocenters. The molecule has 0 saturated heterocycles. The Hall–Kier alpha value is -3.99. The number of allylic oxidation sites excluding steroid dienone is 1. The Labute approximate surface area is 194 Å². The molecule has 33 heavy (non-hydrogen) atoms. The van der Waals surface area contributed by atoms with Crippen molar-refractivity contribution < 1.29 is 24.1 Å². The van der Waals surface area contributed by atoms with Crippen LogP contribution in [0.4, 0.5) is 0 Å². The number of benzene rings is 3. The molecule has 0 aliphatic carbocycles. The van der Waals surface area contributed by atoms with Crippen LogP contribution in [0.3, 0.4) is 0 Å². The van der Waals surface area contributed by atoms with Crippen LogP contribution in [0.2, 0.25) is 0 Å². The zero-order valence-corrected chi connectivity index (χ0v) is 19.1. The summed E-state index contributed by atoms with van der Waals surface area (Å²) in [7, 11) is 3.13. The van der Waals surface area contributed by atoms with Crippen LogP contribution in [0.5, 0.6) is 17.2 Å². The highest BCUT2D eigenvalue weighted by molar-refractivity contribution is 5.86. The first kappa shape index (κ1) is 23.7. The molecule has 0 aromatic heterocycles. The van der Waals surface area contributed by atoms with E-state index >= 15 is 0 Å². The lowest BCUT2D eigenvalue weighted by molar-refractivity contribution is -0.131. The molecule has 5 nitrogen and oxygen atoms in total. The maximum absolute atomic E-state index is 11.0. The van der Waals surface area contributed by atoms with E-state index in [4.69, 9.17) is 19.3 Å². The molecular formula is C28H28O5. The van der Waals surface area contributed by atoms with Crippen molar-refractivity contribution in [1.82, 2.24) is 0 Å². The summed E-state index contributed by atoms with van der Waals surface area (Å²) in [4.78, 5) is 11.0. The second-order valence-electron chi connectivity index (χ2n) is 7.45. The summed E-state index contributed by atoms with van der Waals surface area (Å²) in [5.41, 5.74) is 4.82. The molecule has 1 N–H and O–H groups in total. The lowest BCUT2D eigenvalue weighted by atomic mass is 10.0. The van der Waals surface area contributed by atoms with E-state index in [2.05, 4.69) is 0 Å². The summed E-state index contributed by atoms with van der Waals surface area (Å²) in [6, 6.07) is 19.8. The lowest BCUT2D eigenvalue weighted by Crippen LogP contribution is -1.99. The number of rotatable bonds is 10. The van der Waals surface area contributed by atoms with Gasteiger partial charge in [0.15, 0.2) is 11.5 Å². The topological polar surface area (TPSA) is 65.0 Å². The molecule has 3 aromatic rings. The normalized spacial score (nSPS) is 11.1. The predicted molar refractivity (Wildman–Crippen MR) is 131 cm³/mol. The van der Waals surface area contributed by atoms with E-state index in [9.17, 15) is 4.79 Å². The van der Waals surface area contributed by atoms with Gasteiger partial charge in [0.05, 0.1) is 14.2 Å². The Morgan fingerprint density at radius 3 is 2.33 bits per heavy atom. The molecule has 0 bridgehead atoms. The van der Waals surface area contributed by atoms with Crippen LogP contribution >= 0.6 is 0 Å². The second-order valence-corrected chi connectivity index (χ2v) is 7.45. The molecule has 0 aliphatic heterocycles. The van der Waals surface area contributed by atoms with Gasteiger partial charge in [-0.15, -0.1) is 0 Å². The van der Waals surface area contributed by atoms with Crippen LogP contribution in [-0.4, -0.2) is 25.3 Å². The summed E-state index contributed by atoms with van der Waals surface area (Å²) < 4.78 is 16.9. The first-order chi connectivity index (χ1) is 16.0. The van der Waals surface area contributed by atoms with Gasteiger partial charge in [-0.05, 0) is 53.8 Å². The summed E-state index contributed by atoms with van der Waals surface area (Å²) in [5.74, 6) is 0.975. The highest BCUT2D eigenvalue weighted by Gasteiger charge is 2.10. The smallest absolute Gasteiger partial charge is 0.328 e. The average Bonchev–Trinajstić information content (AvgIpc) is 2.82. The van der Waals surface area contributed by atoms with Gasteiger partial charge < -0.3 is 19.3 Å². The molecule has 0 amide bonds. The maximum Gasteiger partial charge on any atom is 0.328 e. The van der Waals surface area contributed by atoms with Gasteiger partial charge in [0.25, 0.3) is 0 Å². The monoisotopic (exact) mass is 444 g/mol. The molecule has 0 saturated carbocycles. The third-order valence-corrected chi connectivity index (χ3v) is 5.15. The van der Waals surface area contributed by atoms with Gasteiger partial charge in [-0.1, -0.05) is 60.7 Å². The van der Waals surface area contributed by atoms with E-state index < -0.39 is 5.97 Å². The summed E-state index contributed by atoms with van der Waals surface area (Å²) in [6.07, 6.45) is 7.31. The van der Waals surface area contributed by atoms with E-state index in [0.29, 0.717) is 24.5 Å². The first-order valence-corrected chi connectivity index (χ1v) is 10.6. The van der Waals surface area contributed by atoms with Crippen molar-refractivity contribution in [2.24, 2.45) is 0 Å². The van der Waals surface area contributed by atoms with Crippen LogP contribution in [0.15, 0.2) is 72.8 Å². The Bertz CT molecular complexity index is 1150. The zero-order valence-electron chi connectivity index (χ0n) is 19.1. The van der Waals surface area contributed by atoms with Crippen molar-refractivity contribution in [1.29, 1.82) is 0 Å². The molecule has 0 fully saturated rings. The van der Waals surface area contributed by atoms with Crippen LogP contribution in [0.1, 0.15) is 27.8 Å². The summed E-state index contributed by atoms with van der Waals surface area (Å²) >= 11 is 0. The van der Waals surface area contributed by atoms with E-state index in [1.165, 1.54) is 0 Å². The predicted octanol–water partition coefficient (Wildman–Crippen LogP) is 5.94.